The summed E-state index contributed by atoms with van der Waals surface area (Å²) in [5.74, 6) is -0.187. The second-order valence-corrected chi connectivity index (χ2v) is 8.23. The van der Waals surface area contributed by atoms with Gasteiger partial charge in [0.25, 0.3) is 0 Å². The Balaban J connectivity index is 2.65. The number of carbonyl (C=O) groups is 2. The molecular weight excluding hydrogens is 380 g/mol. The van der Waals surface area contributed by atoms with Crippen LogP contribution in [0.4, 0.5) is 15.4 Å². The van der Waals surface area contributed by atoms with E-state index in [0.29, 0.717) is 4.90 Å². The standard InChI is InChI=1S/C19H28N4O6/c1-8-27-15(24)12-13-20-10-9-11-22(13)21-14(12)23(16(25)28-18(2,3)4)17(26)29-19(5,6)7/h9-11,15,24H,8H2,1-7H3. The number of nitrogens with zero attached hydrogens (tertiary/aromatic N) is 4. The Labute approximate surface area is 169 Å². The predicted molar refractivity (Wildman–Crippen MR) is 105 cm³/mol. The normalized spacial score (nSPS) is 13.2. The van der Waals surface area contributed by atoms with Crippen molar-refractivity contribution in [1.29, 1.82) is 0 Å². The van der Waals surface area contributed by atoms with Gasteiger partial charge in [-0.2, -0.15) is 4.90 Å². The van der Waals surface area contributed by atoms with Crippen LogP contribution in [0.5, 0.6) is 0 Å². The first kappa shape index (κ1) is 22.6. The molecule has 2 amide bonds. The average molecular weight is 408 g/mol. The quantitative estimate of drug-likeness (QED) is 0.765. The number of carbonyl (C=O) groups excluding carboxylic acids is 2. The lowest BCUT2D eigenvalue weighted by Gasteiger charge is -2.28. The van der Waals surface area contributed by atoms with Crippen molar-refractivity contribution in [2.24, 2.45) is 0 Å². The highest BCUT2D eigenvalue weighted by molar-refractivity contribution is 6.09. The van der Waals surface area contributed by atoms with E-state index in [2.05, 4.69) is 10.1 Å². The van der Waals surface area contributed by atoms with Crippen LogP contribution in [0.1, 0.15) is 60.3 Å². The molecule has 10 nitrogen and oxygen atoms in total. The van der Waals surface area contributed by atoms with Crippen LogP contribution in [0, 0.1) is 0 Å². The maximum atomic E-state index is 12.9. The van der Waals surface area contributed by atoms with Gasteiger partial charge in [0.05, 0.1) is 5.56 Å². The Bertz CT molecular complexity index is 853. The molecule has 1 unspecified atom stereocenters. The van der Waals surface area contributed by atoms with Crippen LogP contribution in [0.15, 0.2) is 18.5 Å². The molecule has 0 saturated heterocycles. The fourth-order valence-corrected chi connectivity index (χ4v) is 2.38. The number of fused-ring (bicyclic) bond motifs is 1. The lowest BCUT2D eigenvalue weighted by atomic mass is 10.2. The van der Waals surface area contributed by atoms with Crippen molar-refractivity contribution < 1.29 is 28.9 Å². The number of hydrogen-bond acceptors (Lipinski definition) is 8. The maximum absolute atomic E-state index is 12.9. The highest BCUT2D eigenvalue weighted by Crippen LogP contribution is 2.32. The molecule has 0 aliphatic carbocycles. The highest BCUT2D eigenvalue weighted by atomic mass is 16.6. The van der Waals surface area contributed by atoms with Crippen LogP contribution < -0.4 is 4.90 Å². The maximum Gasteiger partial charge on any atom is 0.425 e. The van der Waals surface area contributed by atoms with E-state index >= 15 is 0 Å². The van der Waals surface area contributed by atoms with Gasteiger partial charge < -0.3 is 19.3 Å². The second-order valence-electron chi connectivity index (χ2n) is 8.23. The molecule has 1 N–H and O–H groups in total. The van der Waals surface area contributed by atoms with E-state index in [4.69, 9.17) is 14.2 Å². The number of aromatic nitrogens is 3. The Morgan fingerprint density at radius 2 is 1.69 bits per heavy atom. The van der Waals surface area contributed by atoms with Crippen molar-refractivity contribution in [1.82, 2.24) is 14.6 Å². The van der Waals surface area contributed by atoms with Crippen LogP contribution >= 0.6 is 0 Å². The molecule has 2 aromatic heterocycles. The van der Waals surface area contributed by atoms with E-state index in [9.17, 15) is 14.7 Å². The van der Waals surface area contributed by atoms with Gasteiger partial charge in [-0.15, -0.1) is 5.10 Å². The van der Waals surface area contributed by atoms with Gasteiger partial charge in [-0.1, -0.05) is 0 Å². The molecule has 0 bridgehead atoms. The molecule has 0 spiro atoms. The van der Waals surface area contributed by atoms with Crippen LogP contribution in [-0.2, 0) is 14.2 Å². The first-order chi connectivity index (χ1) is 13.3. The Morgan fingerprint density at radius 1 is 1.14 bits per heavy atom. The number of amides is 2. The van der Waals surface area contributed by atoms with E-state index < -0.39 is 29.7 Å². The summed E-state index contributed by atoms with van der Waals surface area (Å²) in [5.41, 5.74) is -1.49. The molecular formula is C19H28N4O6. The fourth-order valence-electron chi connectivity index (χ4n) is 2.38. The smallest absolute Gasteiger partial charge is 0.425 e. The zero-order chi connectivity index (χ0) is 22.0. The van der Waals surface area contributed by atoms with Gasteiger partial charge in [-0.3, -0.25) is 0 Å². The lowest BCUT2D eigenvalue weighted by Crippen LogP contribution is -2.44. The monoisotopic (exact) mass is 408 g/mol. The van der Waals surface area contributed by atoms with Crippen molar-refractivity contribution in [3.05, 3.63) is 24.0 Å². The highest BCUT2D eigenvalue weighted by Gasteiger charge is 2.38. The number of aliphatic hydroxyl groups is 1. The topological polar surface area (TPSA) is 115 Å². The molecule has 0 aliphatic rings. The van der Waals surface area contributed by atoms with Crippen LogP contribution in [-0.4, -0.2) is 49.7 Å². The molecule has 0 aromatic carbocycles. The van der Waals surface area contributed by atoms with Crippen molar-refractivity contribution in [3.63, 3.8) is 0 Å². The molecule has 1 atom stereocenters. The van der Waals surface area contributed by atoms with E-state index in [1.807, 2.05) is 0 Å². The van der Waals surface area contributed by atoms with Gasteiger partial charge >= 0.3 is 12.2 Å². The summed E-state index contributed by atoms with van der Waals surface area (Å²) in [6.45, 7) is 11.9. The van der Waals surface area contributed by atoms with Gasteiger partial charge in [0.1, 0.15) is 11.2 Å². The Hall–Kier alpha value is -2.72. The molecule has 0 saturated carbocycles. The zero-order valence-electron chi connectivity index (χ0n) is 17.8. The summed E-state index contributed by atoms with van der Waals surface area (Å²) in [7, 11) is 0. The Morgan fingerprint density at radius 3 is 2.17 bits per heavy atom. The van der Waals surface area contributed by atoms with E-state index in [1.165, 1.54) is 10.7 Å². The molecule has 160 valence electrons. The number of rotatable bonds is 4. The second kappa shape index (κ2) is 8.34. The van der Waals surface area contributed by atoms with Gasteiger partial charge in [-0.25, -0.2) is 19.1 Å². The van der Waals surface area contributed by atoms with Crippen molar-refractivity contribution in [2.45, 2.75) is 66.0 Å². The van der Waals surface area contributed by atoms with Crippen molar-refractivity contribution in [2.75, 3.05) is 11.5 Å². The zero-order valence-corrected chi connectivity index (χ0v) is 17.8. The molecule has 2 heterocycles. The summed E-state index contributed by atoms with van der Waals surface area (Å²) in [6.07, 6.45) is -0.417. The first-order valence-corrected chi connectivity index (χ1v) is 9.23. The molecule has 29 heavy (non-hydrogen) atoms. The van der Waals surface area contributed by atoms with Gasteiger partial charge in [0.15, 0.2) is 17.8 Å². The van der Waals surface area contributed by atoms with Gasteiger partial charge in [0, 0.05) is 19.0 Å². The predicted octanol–water partition coefficient (Wildman–Crippen LogP) is 3.43. The van der Waals surface area contributed by atoms with Crippen molar-refractivity contribution >= 4 is 23.7 Å². The van der Waals surface area contributed by atoms with Gasteiger partial charge in [-0.05, 0) is 54.5 Å². The third-order valence-corrected chi connectivity index (χ3v) is 3.35. The number of imide groups is 1. The molecule has 0 aliphatic heterocycles. The molecule has 2 rings (SSSR count). The van der Waals surface area contributed by atoms with E-state index in [0.717, 1.165) is 0 Å². The summed E-state index contributed by atoms with van der Waals surface area (Å²) in [4.78, 5) is 30.6. The summed E-state index contributed by atoms with van der Waals surface area (Å²) < 4.78 is 17.4. The average Bonchev–Trinajstić information content (AvgIpc) is 2.90. The molecule has 0 fully saturated rings. The number of anilines is 1. The summed E-state index contributed by atoms with van der Waals surface area (Å²) in [6, 6.07) is 1.62. The molecule has 10 heteroatoms. The largest absolute Gasteiger partial charge is 0.443 e. The minimum absolute atomic E-state index is 0.0455. The molecule has 0 radical (unpaired) electrons. The van der Waals surface area contributed by atoms with Crippen LogP contribution in [0.25, 0.3) is 5.65 Å². The van der Waals surface area contributed by atoms with Crippen LogP contribution in [0.2, 0.25) is 0 Å². The minimum Gasteiger partial charge on any atom is -0.443 e. The number of ether oxygens (including phenoxy) is 3. The molecule has 2 aromatic rings. The van der Waals surface area contributed by atoms with Gasteiger partial charge in [0.2, 0.25) is 0 Å². The number of aliphatic hydroxyl groups excluding tert-OH is 1. The number of hydrogen-bond donors (Lipinski definition) is 1. The summed E-state index contributed by atoms with van der Waals surface area (Å²) in [5, 5.41) is 14.8. The SMILES string of the molecule is CCOC(O)c1c(N(C(=O)OC(C)(C)C)C(=O)OC(C)(C)C)nn2cccnc12. The van der Waals surface area contributed by atoms with Crippen LogP contribution in [0.3, 0.4) is 0 Å². The first-order valence-electron chi connectivity index (χ1n) is 9.23. The fraction of sp³-hybridized carbons (Fsp3) is 0.579. The van der Waals surface area contributed by atoms with E-state index in [1.54, 1.807) is 60.7 Å². The minimum atomic E-state index is -1.48. The lowest BCUT2D eigenvalue weighted by molar-refractivity contribution is -0.0967. The summed E-state index contributed by atoms with van der Waals surface area (Å²) >= 11 is 0. The third kappa shape index (κ3) is 5.64. The van der Waals surface area contributed by atoms with Crippen molar-refractivity contribution in [3.8, 4) is 0 Å². The Kier molecular flexibility index (Phi) is 6.49. The van der Waals surface area contributed by atoms with E-state index in [-0.39, 0.29) is 23.6 Å². The third-order valence-electron chi connectivity index (χ3n) is 3.35.